The predicted octanol–water partition coefficient (Wildman–Crippen LogP) is 3.86. The number of rotatable bonds is 10. The minimum atomic E-state index is -3.53. The molecule has 0 aliphatic carbocycles. The molecule has 2 aliphatic heterocycles. The summed E-state index contributed by atoms with van der Waals surface area (Å²) in [5.41, 5.74) is 2.68. The average molecular weight is 615 g/mol. The number of halogens is 1. The smallest absolute Gasteiger partial charge is 0.343 e. The van der Waals surface area contributed by atoms with Gasteiger partial charge in [-0.2, -0.15) is 0 Å². The maximum Gasteiger partial charge on any atom is 0.343 e. The van der Waals surface area contributed by atoms with Crippen molar-refractivity contribution in [1.29, 1.82) is 0 Å². The van der Waals surface area contributed by atoms with Gasteiger partial charge in [0, 0.05) is 32.7 Å². The molecule has 0 saturated carbocycles. The van der Waals surface area contributed by atoms with Crippen LogP contribution in [0.5, 0.6) is 5.75 Å². The van der Waals surface area contributed by atoms with Crippen LogP contribution < -0.4 is 4.74 Å². The number of carbonyl (C=O) groups excluding carboxylic acids is 1. The second kappa shape index (κ2) is 15.1. The van der Waals surface area contributed by atoms with Gasteiger partial charge in [-0.3, -0.25) is 9.80 Å². The summed E-state index contributed by atoms with van der Waals surface area (Å²) < 4.78 is 36.9. The van der Waals surface area contributed by atoms with Gasteiger partial charge in [0.15, 0.2) is 9.84 Å². The number of likely N-dealkylation sites (tertiary alicyclic amines) is 1. The molecule has 10 heteroatoms. The van der Waals surface area contributed by atoms with Gasteiger partial charge >= 0.3 is 5.97 Å². The fourth-order valence-corrected chi connectivity index (χ4v) is 6.75. The van der Waals surface area contributed by atoms with Gasteiger partial charge in [-0.1, -0.05) is 42.5 Å². The van der Waals surface area contributed by atoms with Gasteiger partial charge in [0.25, 0.3) is 0 Å². The van der Waals surface area contributed by atoms with Crippen molar-refractivity contribution in [2.24, 2.45) is 5.92 Å². The van der Waals surface area contributed by atoms with E-state index in [2.05, 4.69) is 17.0 Å². The van der Waals surface area contributed by atoms with Crippen LogP contribution in [0.2, 0.25) is 0 Å². The quantitative estimate of drug-likeness (QED) is 0.272. The predicted molar refractivity (Wildman–Crippen MR) is 164 cm³/mol. The summed E-state index contributed by atoms with van der Waals surface area (Å²) in [6.07, 6.45) is 1.16. The molecule has 2 saturated heterocycles. The Balaban J connectivity index is 0.00000405. The normalized spacial score (nSPS) is 20.0. The van der Waals surface area contributed by atoms with E-state index >= 15 is 0 Å². The fourth-order valence-electron chi connectivity index (χ4n) is 5.47. The number of esters is 1. The van der Waals surface area contributed by atoms with Crippen molar-refractivity contribution in [2.75, 3.05) is 51.7 Å². The van der Waals surface area contributed by atoms with Crippen LogP contribution in [0.4, 0.5) is 0 Å². The lowest BCUT2D eigenvalue weighted by atomic mass is 9.88. The zero-order valence-corrected chi connectivity index (χ0v) is 25.3. The van der Waals surface area contributed by atoms with Gasteiger partial charge < -0.3 is 14.6 Å². The molecule has 3 aromatic rings. The Bertz CT molecular complexity index is 1400. The third-order valence-corrected chi connectivity index (χ3v) is 9.60. The number of hydrogen-bond donors (Lipinski definition) is 1. The van der Waals surface area contributed by atoms with Crippen molar-refractivity contribution < 1.29 is 27.8 Å². The fraction of sp³-hybridized carbons (Fsp3) is 0.406. The second-order valence-electron chi connectivity index (χ2n) is 10.9. The molecule has 2 aliphatic rings. The van der Waals surface area contributed by atoms with E-state index in [4.69, 9.17) is 9.47 Å². The molecule has 5 rings (SSSR count). The minimum Gasteiger partial charge on any atom is -0.423 e. The number of aliphatic hydroxyl groups is 1. The summed E-state index contributed by atoms with van der Waals surface area (Å²) in [4.78, 5) is 17.3. The Labute approximate surface area is 254 Å². The van der Waals surface area contributed by atoms with Crippen LogP contribution in [0.1, 0.15) is 27.9 Å². The summed E-state index contributed by atoms with van der Waals surface area (Å²) in [5.74, 6) is -0.0689. The zero-order chi connectivity index (χ0) is 28.7. The monoisotopic (exact) mass is 614 g/mol. The van der Waals surface area contributed by atoms with Crippen molar-refractivity contribution in [3.05, 3.63) is 95.6 Å². The first-order valence-corrected chi connectivity index (χ1v) is 15.9. The maximum atomic E-state index is 13.0. The second-order valence-corrected chi connectivity index (χ2v) is 13.0. The highest BCUT2D eigenvalue weighted by Crippen LogP contribution is 2.23. The molecular weight excluding hydrogens is 576 g/mol. The van der Waals surface area contributed by atoms with Crippen molar-refractivity contribution >= 4 is 28.2 Å². The van der Waals surface area contributed by atoms with E-state index in [1.165, 1.54) is 29.8 Å². The lowest BCUT2D eigenvalue weighted by molar-refractivity contribution is 0.0245. The number of benzene rings is 3. The van der Waals surface area contributed by atoms with E-state index in [1.54, 1.807) is 6.07 Å². The van der Waals surface area contributed by atoms with Crippen molar-refractivity contribution in [1.82, 2.24) is 9.80 Å². The number of aliphatic hydroxyl groups excluding tert-OH is 1. The molecule has 0 spiro atoms. The number of morpholine rings is 1. The molecule has 3 aromatic carbocycles. The first-order chi connectivity index (χ1) is 19.9. The van der Waals surface area contributed by atoms with Gasteiger partial charge in [0.1, 0.15) is 5.75 Å². The van der Waals surface area contributed by atoms with Crippen LogP contribution >= 0.6 is 12.4 Å². The number of β-amino-alcohol motifs (C(OH)–C–C–N with tert-alkyl or cyclic N) is 1. The topological polar surface area (TPSA) is 96.4 Å². The van der Waals surface area contributed by atoms with E-state index in [-0.39, 0.29) is 34.7 Å². The van der Waals surface area contributed by atoms with Gasteiger partial charge in [0.2, 0.25) is 0 Å². The van der Waals surface area contributed by atoms with Crippen LogP contribution in [-0.4, -0.2) is 87.1 Å². The third kappa shape index (κ3) is 8.86. The standard InChI is InChI=1S/C32H38N2O6S.ClH/c35-31-24-33(14-13-27(31)21-25-5-2-1-3-6-25)17-20-41(37,38)30-11-9-29(10-12-30)40-32(36)28-8-4-7-26(22-28)23-34-15-18-39-19-16-34;/h1-12,22,27,31,35H,13-21,23-24H2;1H/t27-,31-;/m1./s1. The Kier molecular flexibility index (Phi) is 11.5. The van der Waals surface area contributed by atoms with Crippen molar-refractivity contribution in [2.45, 2.75) is 30.4 Å². The lowest BCUT2D eigenvalue weighted by Gasteiger charge is -2.36. The zero-order valence-electron chi connectivity index (χ0n) is 23.6. The summed E-state index contributed by atoms with van der Waals surface area (Å²) in [6, 6.07) is 23.5. The van der Waals surface area contributed by atoms with E-state index in [9.17, 15) is 18.3 Å². The Morgan fingerprint density at radius 3 is 2.33 bits per heavy atom. The molecule has 0 bridgehead atoms. The van der Waals surface area contributed by atoms with Gasteiger partial charge in [0.05, 0.1) is 35.5 Å². The molecule has 42 heavy (non-hydrogen) atoms. The average Bonchev–Trinajstić information content (AvgIpc) is 2.99. The van der Waals surface area contributed by atoms with Crippen molar-refractivity contribution in [3.8, 4) is 5.75 Å². The van der Waals surface area contributed by atoms with Crippen LogP contribution in [0.25, 0.3) is 0 Å². The number of sulfone groups is 1. The highest BCUT2D eigenvalue weighted by molar-refractivity contribution is 7.91. The van der Waals surface area contributed by atoms with Gasteiger partial charge in [-0.15, -0.1) is 12.4 Å². The SMILES string of the molecule is Cl.O=C(Oc1ccc(S(=O)(=O)CCN2CC[C@H](Cc3ccccc3)[C@H](O)C2)cc1)c1cccc(CN2CCOCC2)c1. The molecular formula is C32H39ClN2O6S. The van der Waals surface area contributed by atoms with E-state index in [0.717, 1.165) is 44.6 Å². The van der Waals surface area contributed by atoms with Crippen LogP contribution in [-0.2, 0) is 27.5 Å². The minimum absolute atomic E-state index is 0. The first kappa shape index (κ1) is 32.1. The number of hydrogen-bond acceptors (Lipinski definition) is 8. The number of carbonyl (C=O) groups is 1. The molecule has 2 atom stereocenters. The van der Waals surface area contributed by atoms with Gasteiger partial charge in [-0.05, 0) is 72.8 Å². The van der Waals surface area contributed by atoms with E-state index in [0.29, 0.717) is 31.9 Å². The van der Waals surface area contributed by atoms with E-state index < -0.39 is 21.9 Å². The summed E-state index contributed by atoms with van der Waals surface area (Å²) in [6.45, 7) is 5.46. The number of nitrogens with zero attached hydrogens (tertiary/aromatic N) is 2. The Morgan fingerprint density at radius 1 is 0.905 bits per heavy atom. The summed E-state index contributed by atoms with van der Waals surface area (Å²) >= 11 is 0. The molecule has 2 fully saturated rings. The first-order valence-electron chi connectivity index (χ1n) is 14.2. The molecule has 0 aromatic heterocycles. The Morgan fingerprint density at radius 2 is 1.62 bits per heavy atom. The highest BCUT2D eigenvalue weighted by Gasteiger charge is 2.28. The number of piperidine rings is 1. The molecule has 0 radical (unpaired) electrons. The van der Waals surface area contributed by atoms with Crippen LogP contribution in [0.15, 0.2) is 83.8 Å². The Hall–Kier alpha value is -2.79. The summed E-state index contributed by atoms with van der Waals surface area (Å²) in [7, 11) is -3.53. The van der Waals surface area contributed by atoms with Gasteiger partial charge in [-0.25, -0.2) is 13.2 Å². The molecule has 0 unspecified atom stereocenters. The van der Waals surface area contributed by atoms with Crippen LogP contribution in [0, 0.1) is 5.92 Å². The highest BCUT2D eigenvalue weighted by atomic mass is 35.5. The molecule has 8 nitrogen and oxygen atoms in total. The van der Waals surface area contributed by atoms with Crippen molar-refractivity contribution in [3.63, 3.8) is 0 Å². The molecule has 2 heterocycles. The molecule has 226 valence electrons. The largest absolute Gasteiger partial charge is 0.423 e. The lowest BCUT2D eigenvalue weighted by Crippen LogP contribution is -2.46. The number of ether oxygens (including phenoxy) is 2. The summed E-state index contributed by atoms with van der Waals surface area (Å²) in [5, 5.41) is 10.7. The maximum absolute atomic E-state index is 13.0. The van der Waals surface area contributed by atoms with E-state index in [1.807, 2.05) is 41.3 Å². The molecule has 1 N–H and O–H groups in total. The van der Waals surface area contributed by atoms with Crippen LogP contribution in [0.3, 0.4) is 0 Å². The molecule has 0 amide bonds. The third-order valence-electron chi connectivity index (χ3n) is 7.89.